The van der Waals surface area contributed by atoms with Gasteiger partial charge in [-0.1, -0.05) is 35.9 Å². The number of aryl methyl sites for hydroxylation is 1. The maximum atomic E-state index is 13.9. The van der Waals surface area contributed by atoms with Crippen LogP contribution in [0.15, 0.2) is 42.7 Å². The molecule has 29 heavy (non-hydrogen) atoms. The van der Waals surface area contributed by atoms with Crippen molar-refractivity contribution < 1.29 is 14.0 Å². The van der Waals surface area contributed by atoms with E-state index in [1.54, 1.807) is 38.2 Å². The number of nitrogens with one attached hydrogen (secondary N) is 2. The van der Waals surface area contributed by atoms with Crippen LogP contribution in [-0.2, 0) is 13.5 Å². The lowest BCUT2D eigenvalue weighted by molar-refractivity contribution is 0.0990. The minimum atomic E-state index is -0.769. The Morgan fingerprint density at radius 3 is 2.48 bits per heavy atom. The van der Waals surface area contributed by atoms with E-state index >= 15 is 0 Å². The maximum Gasteiger partial charge on any atom is 0.260 e. The first-order valence-electron chi connectivity index (χ1n) is 8.58. The summed E-state index contributed by atoms with van der Waals surface area (Å²) in [5.74, 6) is -1.89. The van der Waals surface area contributed by atoms with Crippen LogP contribution in [0.2, 0.25) is 5.02 Å². The zero-order valence-corrected chi connectivity index (χ0v) is 16.4. The van der Waals surface area contributed by atoms with Gasteiger partial charge in [0.05, 0.1) is 28.9 Å². The van der Waals surface area contributed by atoms with Gasteiger partial charge in [0.15, 0.2) is 17.4 Å². The fraction of sp³-hybridized carbons (Fsp3) is 0.150. The Kier molecular flexibility index (Phi) is 5.84. The molecule has 0 aliphatic rings. The Bertz CT molecular complexity index is 1110. The molecule has 0 unspecified atom stereocenters. The third-order valence-electron chi connectivity index (χ3n) is 4.31. The highest BCUT2D eigenvalue weighted by Crippen LogP contribution is 2.18. The smallest absolute Gasteiger partial charge is 0.260 e. The molecule has 7 nitrogen and oxygen atoms in total. The average molecular weight is 414 g/mol. The molecule has 3 rings (SSSR count). The third kappa shape index (κ3) is 4.55. The summed E-state index contributed by atoms with van der Waals surface area (Å²) in [7, 11) is 1.61. The molecule has 0 spiro atoms. The Morgan fingerprint density at radius 2 is 1.86 bits per heavy atom. The van der Waals surface area contributed by atoms with Gasteiger partial charge in [-0.05, 0) is 18.6 Å². The van der Waals surface area contributed by atoms with Gasteiger partial charge in [-0.15, -0.1) is 0 Å². The van der Waals surface area contributed by atoms with Crippen LogP contribution in [-0.4, -0.2) is 32.2 Å². The Morgan fingerprint density at radius 1 is 1.21 bits per heavy atom. The molecule has 0 fully saturated rings. The van der Waals surface area contributed by atoms with E-state index in [0.717, 1.165) is 11.6 Å². The molecule has 2 N–H and O–H groups in total. The zero-order valence-electron chi connectivity index (χ0n) is 15.7. The highest BCUT2D eigenvalue weighted by Gasteiger charge is 2.21. The number of Topliss-reactive ketones (excluding diaryl/α,β-unsaturated/α-hetero) is 1. The normalized spacial score (nSPS) is 10.6. The van der Waals surface area contributed by atoms with E-state index in [-0.39, 0.29) is 28.6 Å². The molecular formula is C20H17ClFN5O2. The van der Waals surface area contributed by atoms with Gasteiger partial charge in [-0.25, -0.2) is 9.37 Å². The number of hydrogen-bond donors (Lipinski definition) is 2. The molecule has 148 valence electrons. The lowest BCUT2D eigenvalue weighted by Gasteiger charge is -2.08. The van der Waals surface area contributed by atoms with E-state index in [1.165, 1.54) is 17.1 Å². The number of amides is 1. The number of pyridine rings is 1. The highest BCUT2D eigenvalue weighted by atomic mass is 35.5. The third-order valence-corrected chi connectivity index (χ3v) is 4.52. The van der Waals surface area contributed by atoms with Gasteiger partial charge in [0, 0.05) is 24.5 Å². The molecule has 2 aromatic heterocycles. The van der Waals surface area contributed by atoms with Crippen molar-refractivity contribution in [1.82, 2.24) is 14.8 Å². The van der Waals surface area contributed by atoms with Gasteiger partial charge in [0.25, 0.3) is 5.91 Å². The molecule has 0 bridgehead atoms. The van der Waals surface area contributed by atoms with Crippen LogP contribution in [0.3, 0.4) is 0 Å². The molecule has 1 aromatic carbocycles. The fourth-order valence-corrected chi connectivity index (χ4v) is 2.85. The summed E-state index contributed by atoms with van der Waals surface area (Å²) < 4.78 is 15.3. The molecule has 0 saturated carbocycles. The molecule has 0 aliphatic carbocycles. The second-order valence-corrected chi connectivity index (χ2v) is 6.81. The molecule has 0 atom stereocenters. The quantitative estimate of drug-likeness (QED) is 0.475. The zero-order chi connectivity index (χ0) is 21.1. The van der Waals surface area contributed by atoms with Crippen molar-refractivity contribution in [1.29, 1.82) is 5.41 Å². The van der Waals surface area contributed by atoms with Gasteiger partial charge in [0.2, 0.25) is 0 Å². The van der Waals surface area contributed by atoms with E-state index in [9.17, 15) is 14.0 Å². The standard InChI is InChI=1S/C20H17ClFN5O2/c1-11(23)12-3-5-13(6-4-12)18(28)8-17-15(10-25-27(17)2)20(29)26-19-16(22)7-14(21)9-24-19/h3-7,9-10,23H,8H2,1-2H3,(H,24,26,29). The van der Waals surface area contributed by atoms with E-state index in [1.807, 2.05) is 0 Å². The van der Waals surface area contributed by atoms with Crippen LogP contribution in [0.4, 0.5) is 10.2 Å². The number of carbonyl (C=O) groups excluding carboxylic acids is 2. The average Bonchev–Trinajstić information content (AvgIpc) is 3.04. The SMILES string of the molecule is CC(=N)c1ccc(C(=O)Cc2c(C(=O)Nc3ncc(Cl)cc3F)cnn2C)cc1. The van der Waals surface area contributed by atoms with Crippen LogP contribution in [0.25, 0.3) is 0 Å². The molecule has 0 aliphatic heterocycles. The summed E-state index contributed by atoms with van der Waals surface area (Å²) in [5.41, 5.74) is 2.10. The molecule has 9 heteroatoms. The summed E-state index contributed by atoms with van der Waals surface area (Å²) >= 11 is 5.66. The van der Waals surface area contributed by atoms with Crippen molar-refractivity contribution in [3.8, 4) is 0 Å². The summed E-state index contributed by atoms with van der Waals surface area (Å²) in [4.78, 5) is 29.0. The number of carbonyl (C=O) groups is 2. The van der Waals surface area contributed by atoms with Crippen molar-refractivity contribution in [3.63, 3.8) is 0 Å². The number of ketones is 1. The Hall–Kier alpha value is -3.39. The van der Waals surface area contributed by atoms with Crippen molar-refractivity contribution in [2.24, 2.45) is 7.05 Å². The van der Waals surface area contributed by atoms with E-state index < -0.39 is 11.7 Å². The summed E-state index contributed by atoms with van der Waals surface area (Å²) in [6, 6.07) is 7.71. The number of aromatic nitrogens is 3. The molecular weight excluding hydrogens is 397 g/mol. The number of anilines is 1. The van der Waals surface area contributed by atoms with Crippen LogP contribution in [0.5, 0.6) is 0 Å². The second kappa shape index (κ2) is 8.32. The highest BCUT2D eigenvalue weighted by molar-refractivity contribution is 6.30. The number of halogens is 2. The van der Waals surface area contributed by atoms with E-state index in [2.05, 4.69) is 15.4 Å². The van der Waals surface area contributed by atoms with Crippen LogP contribution >= 0.6 is 11.6 Å². The second-order valence-electron chi connectivity index (χ2n) is 6.37. The predicted octanol–water partition coefficient (Wildman–Crippen LogP) is 3.67. The minimum Gasteiger partial charge on any atom is -0.305 e. The largest absolute Gasteiger partial charge is 0.305 e. The van der Waals surface area contributed by atoms with Gasteiger partial charge < -0.3 is 10.7 Å². The summed E-state index contributed by atoms with van der Waals surface area (Å²) in [5, 5.41) is 14.1. The molecule has 1 amide bonds. The van der Waals surface area contributed by atoms with Gasteiger partial charge in [0.1, 0.15) is 0 Å². The monoisotopic (exact) mass is 413 g/mol. The first-order chi connectivity index (χ1) is 13.8. The molecule has 0 radical (unpaired) electrons. The van der Waals surface area contributed by atoms with E-state index in [4.69, 9.17) is 17.0 Å². The number of nitrogens with zero attached hydrogens (tertiary/aromatic N) is 3. The maximum absolute atomic E-state index is 13.9. The lowest BCUT2D eigenvalue weighted by Crippen LogP contribution is -2.18. The first-order valence-corrected chi connectivity index (χ1v) is 8.96. The predicted molar refractivity (Wildman–Crippen MR) is 107 cm³/mol. The Balaban J connectivity index is 1.80. The molecule has 0 saturated heterocycles. The van der Waals surface area contributed by atoms with Crippen LogP contribution in [0, 0.1) is 11.2 Å². The van der Waals surface area contributed by atoms with E-state index in [0.29, 0.717) is 17.0 Å². The number of hydrogen-bond acceptors (Lipinski definition) is 5. The number of benzene rings is 1. The first kappa shape index (κ1) is 20.3. The topological polar surface area (TPSA) is 101 Å². The van der Waals surface area contributed by atoms with Gasteiger partial charge in [-0.3, -0.25) is 14.3 Å². The fourth-order valence-electron chi connectivity index (χ4n) is 2.70. The van der Waals surface area contributed by atoms with Crippen molar-refractivity contribution in [2.75, 3.05) is 5.32 Å². The Labute approximate surface area is 171 Å². The summed E-state index contributed by atoms with van der Waals surface area (Å²) in [6.07, 6.45) is 2.46. The minimum absolute atomic E-state index is 0.0707. The molecule has 3 aromatic rings. The van der Waals surface area contributed by atoms with Gasteiger partial charge in [-0.2, -0.15) is 5.10 Å². The van der Waals surface area contributed by atoms with Crippen LogP contribution < -0.4 is 5.32 Å². The lowest BCUT2D eigenvalue weighted by atomic mass is 10.0. The van der Waals surface area contributed by atoms with Crippen molar-refractivity contribution >= 4 is 34.8 Å². The number of rotatable bonds is 6. The van der Waals surface area contributed by atoms with Crippen molar-refractivity contribution in [3.05, 3.63) is 75.9 Å². The van der Waals surface area contributed by atoms with Crippen molar-refractivity contribution in [2.45, 2.75) is 13.3 Å². The van der Waals surface area contributed by atoms with Gasteiger partial charge >= 0.3 is 0 Å². The molecule has 2 heterocycles. The summed E-state index contributed by atoms with van der Waals surface area (Å²) in [6.45, 7) is 1.66. The van der Waals surface area contributed by atoms with Crippen LogP contribution in [0.1, 0.15) is 38.9 Å².